The average Bonchev–Trinajstić information content (AvgIpc) is 2.96. The van der Waals surface area contributed by atoms with Crippen LogP contribution < -0.4 is 10.9 Å². The van der Waals surface area contributed by atoms with Crippen LogP contribution in [0.1, 0.15) is 12.6 Å². The van der Waals surface area contributed by atoms with Crippen molar-refractivity contribution in [3.05, 3.63) is 33.7 Å². The van der Waals surface area contributed by atoms with Crippen LogP contribution in [0.5, 0.6) is 0 Å². The second-order valence-electron chi connectivity index (χ2n) is 5.27. The Labute approximate surface area is 136 Å². The number of nitrogens with one attached hydrogen (secondary N) is 1. The van der Waals surface area contributed by atoms with Crippen molar-refractivity contribution in [3.8, 4) is 0 Å². The molecular formula is C14H18N4O2S2. The molecule has 3 rings (SSSR count). The minimum Gasteiger partial charge on any atom is -0.337 e. The molecule has 8 heteroatoms. The second kappa shape index (κ2) is 6.80. The Morgan fingerprint density at radius 3 is 3.27 bits per heavy atom. The molecule has 0 spiro atoms. The molecule has 6 nitrogen and oxygen atoms in total. The number of hydrogen-bond acceptors (Lipinski definition) is 6. The van der Waals surface area contributed by atoms with Gasteiger partial charge in [0.25, 0.3) is 5.56 Å². The zero-order valence-corrected chi connectivity index (χ0v) is 14.0. The first kappa shape index (κ1) is 15.5. The molecule has 0 saturated carbocycles. The number of carbonyl (C=O) groups excluding carboxylic acids is 1. The van der Waals surface area contributed by atoms with Crippen molar-refractivity contribution < 1.29 is 4.79 Å². The summed E-state index contributed by atoms with van der Waals surface area (Å²) in [5.41, 5.74) is 0.669. The lowest BCUT2D eigenvalue weighted by Gasteiger charge is -2.33. The molecule has 1 fully saturated rings. The van der Waals surface area contributed by atoms with Crippen LogP contribution in [0.25, 0.3) is 4.96 Å². The summed E-state index contributed by atoms with van der Waals surface area (Å²) in [7, 11) is 0. The number of nitrogens with zero attached hydrogens (tertiary/aromatic N) is 3. The third kappa shape index (κ3) is 3.34. The van der Waals surface area contributed by atoms with Gasteiger partial charge in [0.05, 0.1) is 11.4 Å². The van der Waals surface area contributed by atoms with Gasteiger partial charge in [-0.1, -0.05) is 0 Å². The van der Waals surface area contributed by atoms with Crippen molar-refractivity contribution in [3.63, 3.8) is 0 Å². The van der Waals surface area contributed by atoms with E-state index >= 15 is 0 Å². The van der Waals surface area contributed by atoms with Gasteiger partial charge in [0.1, 0.15) is 0 Å². The minimum absolute atomic E-state index is 0.0658. The molecule has 1 atom stereocenters. The Morgan fingerprint density at radius 1 is 1.59 bits per heavy atom. The molecule has 1 N–H and O–H groups in total. The Morgan fingerprint density at radius 2 is 2.45 bits per heavy atom. The highest BCUT2D eigenvalue weighted by Crippen LogP contribution is 2.14. The molecule has 1 saturated heterocycles. The van der Waals surface area contributed by atoms with Gasteiger partial charge in [-0.2, -0.15) is 0 Å². The fourth-order valence-electron chi connectivity index (χ4n) is 2.50. The van der Waals surface area contributed by atoms with Crippen molar-refractivity contribution in [2.45, 2.75) is 18.7 Å². The van der Waals surface area contributed by atoms with Crippen LogP contribution in [0.3, 0.4) is 0 Å². The largest absolute Gasteiger partial charge is 0.337 e. The lowest BCUT2D eigenvalue weighted by molar-refractivity contribution is -0.131. The summed E-state index contributed by atoms with van der Waals surface area (Å²) in [6.07, 6.45) is 1.72. The summed E-state index contributed by atoms with van der Waals surface area (Å²) in [5.74, 6) is 1.17. The van der Waals surface area contributed by atoms with Gasteiger partial charge in [-0.15, -0.1) is 23.1 Å². The maximum absolute atomic E-state index is 12.2. The molecule has 0 bridgehead atoms. The van der Waals surface area contributed by atoms with Gasteiger partial charge in [-0.25, -0.2) is 4.98 Å². The molecule has 0 aromatic carbocycles. The zero-order valence-electron chi connectivity index (χ0n) is 12.3. The third-order valence-electron chi connectivity index (χ3n) is 3.65. The topological polar surface area (TPSA) is 66.7 Å². The summed E-state index contributed by atoms with van der Waals surface area (Å²) in [6.45, 7) is 4.53. The first-order valence-corrected chi connectivity index (χ1v) is 9.22. The summed E-state index contributed by atoms with van der Waals surface area (Å²) in [5, 5.41) is 5.12. The van der Waals surface area contributed by atoms with Gasteiger partial charge >= 0.3 is 0 Å². The highest BCUT2D eigenvalue weighted by Gasteiger charge is 2.22. The first-order valence-electron chi connectivity index (χ1n) is 7.19. The van der Waals surface area contributed by atoms with Gasteiger partial charge in [-0.3, -0.25) is 14.0 Å². The van der Waals surface area contributed by atoms with Crippen molar-refractivity contribution in [1.82, 2.24) is 19.6 Å². The van der Waals surface area contributed by atoms with Crippen molar-refractivity contribution in [2.24, 2.45) is 0 Å². The summed E-state index contributed by atoms with van der Waals surface area (Å²) < 4.78 is 1.53. The highest BCUT2D eigenvalue weighted by molar-refractivity contribution is 7.99. The van der Waals surface area contributed by atoms with E-state index in [0.29, 0.717) is 16.5 Å². The normalized spacial score (nSPS) is 18.8. The Hall–Kier alpha value is -1.38. The Kier molecular flexibility index (Phi) is 4.80. The van der Waals surface area contributed by atoms with Crippen molar-refractivity contribution in [1.29, 1.82) is 0 Å². The lowest BCUT2D eigenvalue weighted by atomic mass is 10.2. The SMILES string of the molecule is C[C@H]1CNCCN1C(=O)CSCc1cc(=O)n2ccsc2n1. The number of amides is 1. The van der Waals surface area contributed by atoms with Gasteiger partial charge in [0.2, 0.25) is 5.91 Å². The Balaban J connectivity index is 1.57. The smallest absolute Gasteiger partial charge is 0.258 e. The molecule has 118 valence electrons. The number of aromatic nitrogens is 2. The van der Waals surface area contributed by atoms with E-state index in [2.05, 4.69) is 17.2 Å². The predicted octanol–water partition coefficient (Wildman–Crippen LogP) is 0.809. The standard InChI is InChI=1S/C14H18N4O2S2/c1-10-7-15-2-3-17(10)13(20)9-21-8-11-6-12(19)18-4-5-22-14(18)16-11/h4-6,10,15H,2-3,7-9H2,1H3/t10-/m0/s1. The second-order valence-corrected chi connectivity index (χ2v) is 7.13. The van der Waals surface area contributed by atoms with Gasteiger partial charge in [0.15, 0.2) is 4.96 Å². The summed E-state index contributed by atoms with van der Waals surface area (Å²) in [6, 6.07) is 1.79. The molecule has 22 heavy (non-hydrogen) atoms. The summed E-state index contributed by atoms with van der Waals surface area (Å²) >= 11 is 2.95. The molecule has 1 aliphatic rings. The van der Waals surface area contributed by atoms with Crippen LogP contribution in [-0.2, 0) is 10.5 Å². The Bertz CT molecular complexity index is 727. The zero-order chi connectivity index (χ0) is 15.5. The fraction of sp³-hybridized carbons (Fsp3) is 0.500. The number of hydrogen-bond donors (Lipinski definition) is 1. The summed E-state index contributed by atoms with van der Waals surface area (Å²) in [4.78, 5) is 31.2. The van der Waals surface area contributed by atoms with E-state index in [1.54, 1.807) is 12.3 Å². The van der Waals surface area contributed by atoms with E-state index in [1.165, 1.54) is 27.5 Å². The van der Waals surface area contributed by atoms with Crippen LogP contribution in [-0.4, -0.2) is 51.6 Å². The maximum atomic E-state index is 12.2. The maximum Gasteiger partial charge on any atom is 0.258 e. The predicted molar refractivity (Wildman–Crippen MR) is 89.5 cm³/mol. The first-order chi connectivity index (χ1) is 10.6. The lowest BCUT2D eigenvalue weighted by Crippen LogP contribution is -2.52. The quantitative estimate of drug-likeness (QED) is 0.894. The highest BCUT2D eigenvalue weighted by atomic mass is 32.2. The van der Waals surface area contributed by atoms with E-state index in [4.69, 9.17) is 0 Å². The monoisotopic (exact) mass is 338 g/mol. The minimum atomic E-state index is -0.0658. The molecule has 0 radical (unpaired) electrons. The van der Waals surface area contributed by atoms with E-state index in [-0.39, 0.29) is 17.5 Å². The molecular weight excluding hydrogens is 320 g/mol. The van der Waals surface area contributed by atoms with Crippen LogP contribution in [0.2, 0.25) is 0 Å². The van der Waals surface area contributed by atoms with Gasteiger partial charge in [0, 0.05) is 49.1 Å². The number of piperazine rings is 1. The van der Waals surface area contributed by atoms with Crippen LogP contribution >= 0.6 is 23.1 Å². The van der Waals surface area contributed by atoms with Crippen molar-refractivity contribution >= 4 is 34.0 Å². The van der Waals surface area contributed by atoms with E-state index in [1.807, 2.05) is 10.3 Å². The molecule has 1 aliphatic heterocycles. The number of thiazole rings is 1. The molecule has 3 heterocycles. The number of fused-ring (bicyclic) bond motifs is 1. The molecule has 0 unspecified atom stereocenters. The molecule has 1 amide bonds. The molecule has 0 aliphatic carbocycles. The van der Waals surface area contributed by atoms with Crippen LogP contribution in [0, 0.1) is 0 Å². The van der Waals surface area contributed by atoms with Gasteiger partial charge in [-0.05, 0) is 6.92 Å². The van der Waals surface area contributed by atoms with E-state index in [9.17, 15) is 9.59 Å². The van der Waals surface area contributed by atoms with Crippen LogP contribution in [0.15, 0.2) is 22.4 Å². The number of thioether (sulfide) groups is 1. The van der Waals surface area contributed by atoms with E-state index < -0.39 is 0 Å². The fourth-order valence-corrected chi connectivity index (χ4v) is 4.04. The average molecular weight is 338 g/mol. The molecule has 2 aromatic heterocycles. The van der Waals surface area contributed by atoms with Gasteiger partial charge < -0.3 is 10.2 Å². The van der Waals surface area contributed by atoms with Crippen LogP contribution in [0.4, 0.5) is 0 Å². The third-order valence-corrected chi connectivity index (χ3v) is 5.36. The number of rotatable bonds is 4. The number of carbonyl (C=O) groups is 1. The van der Waals surface area contributed by atoms with E-state index in [0.717, 1.165) is 25.3 Å². The van der Waals surface area contributed by atoms with Crippen molar-refractivity contribution in [2.75, 3.05) is 25.4 Å². The molecule has 2 aromatic rings.